The van der Waals surface area contributed by atoms with E-state index in [0.717, 1.165) is 13.0 Å². The minimum Gasteiger partial charge on any atom is -0.437 e. The Kier molecular flexibility index (Phi) is 10.3. The normalized spacial score (nSPS) is 12.0. The van der Waals surface area contributed by atoms with Crippen molar-refractivity contribution in [2.45, 2.75) is 20.2 Å². The molecule has 1 atom stereocenters. The Hall–Kier alpha value is 0.673. The molecule has 0 aliphatic heterocycles. The summed E-state index contributed by atoms with van der Waals surface area (Å²) in [7, 11) is -0.402. The van der Waals surface area contributed by atoms with Crippen molar-refractivity contribution >= 4 is 7.05 Å². The summed E-state index contributed by atoms with van der Waals surface area (Å²) in [4.78, 5) is 0. The van der Waals surface area contributed by atoms with E-state index in [-0.39, 0.29) is 21.1 Å². The summed E-state index contributed by atoms with van der Waals surface area (Å²) in [5.74, 6) is 0.416. The van der Waals surface area contributed by atoms with Gasteiger partial charge in [-0.1, -0.05) is 13.3 Å². The average molecular weight is 312 g/mol. The molecule has 10 heavy (non-hydrogen) atoms. The molecule has 0 radical (unpaired) electrons. The zero-order valence-electron chi connectivity index (χ0n) is 6.63. The van der Waals surface area contributed by atoms with E-state index in [1.807, 2.05) is 0 Å². The second kappa shape index (κ2) is 7.78. The van der Waals surface area contributed by atoms with Gasteiger partial charge in [0.15, 0.2) is 0 Å². The molecule has 1 unspecified atom stereocenters. The van der Waals surface area contributed by atoms with Crippen LogP contribution in [-0.4, -0.2) is 18.6 Å². The van der Waals surface area contributed by atoms with Crippen LogP contribution in [0.2, 0.25) is 6.82 Å². The van der Waals surface area contributed by atoms with Crippen molar-refractivity contribution in [2.24, 2.45) is 5.92 Å². The second-order valence-corrected chi connectivity index (χ2v) is 2.36. The van der Waals surface area contributed by atoms with E-state index in [0.29, 0.717) is 5.92 Å². The van der Waals surface area contributed by atoms with Gasteiger partial charge in [0.05, 0.1) is 0 Å². The summed E-state index contributed by atoms with van der Waals surface area (Å²) >= 11 is 0. The molecular formula is C6H15BNOW-. The zero-order chi connectivity index (χ0) is 7.28. The van der Waals surface area contributed by atoms with Crippen molar-refractivity contribution in [1.82, 2.24) is 5.23 Å². The Morgan fingerprint density at radius 1 is 1.70 bits per heavy atom. The maximum atomic E-state index is 8.76. The van der Waals surface area contributed by atoms with Gasteiger partial charge >= 0.3 is 7.05 Å². The molecule has 4 heteroatoms. The summed E-state index contributed by atoms with van der Waals surface area (Å²) in [5.41, 5.74) is 0. The van der Waals surface area contributed by atoms with Gasteiger partial charge in [-0.3, -0.25) is 0 Å². The molecule has 0 aromatic carbocycles. The Morgan fingerprint density at radius 2 is 2.20 bits per heavy atom. The molecule has 0 aromatic heterocycles. The fourth-order valence-electron chi connectivity index (χ4n) is 0.482. The number of hydrogen-bond donors (Lipinski definition) is 2. The van der Waals surface area contributed by atoms with Crippen molar-refractivity contribution in [3.05, 3.63) is 6.92 Å². The van der Waals surface area contributed by atoms with Crippen molar-refractivity contribution < 1.29 is 26.1 Å². The predicted octanol–water partition coefficient (Wildman–Crippen LogP) is 0.544. The molecule has 0 spiro atoms. The van der Waals surface area contributed by atoms with Gasteiger partial charge in [-0.25, -0.2) is 0 Å². The maximum Gasteiger partial charge on any atom is 0.373 e. The fraction of sp³-hybridized carbons (Fsp3) is 0.833. The van der Waals surface area contributed by atoms with Crippen molar-refractivity contribution in [3.63, 3.8) is 0 Å². The Bertz CT molecular complexity index is 72.8. The van der Waals surface area contributed by atoms with Gasteiger partial charge in [-0.2, -0.15) is 5.92 Å². The molecule has 0 aromatic rings. The van der Waals surface area contributed by atoms with Gasteiger partial charge in [-0.15, -0.1) is 0 Å². The van der Waals surface area contributed by atoms with Crippen LogP contribution < -0.4 is 5.23 Å². The zero-order valence-corrected chi connectivity index (χ0v) is 9.56. The van der Waals surface area contributed by atoms with E-state index < -0.39 is 7.05 Å². The molecule has 2 N–H and O–H groups in total. The van der Waals surface area contributed by atoms with Crippen LogP contribution in [0.3, 0.4) is 0 Å². The first-order valence-corrected chi connectivity index (χ1v) is 3.41. The second-order valence-electron chi connectivity index (χ2n) is 2.36. The standard InChI is InChI=1S/C6H15BNO.W/c1-4-6(2)5-8-7(3)9;/h6,8-9H,2,4-5H2,1,3H3;/q-1;. The first-order valence-electron chi connectivity index (χ1n) is 3.41. The fourth-order valence-corrected chi connectivity index (χ4v) is 0.482. The SMILES string of the molecule is [CH2-]C(CC)CNB(C)O.[W]. The molecule has 0 heterocycles. The van der Waals surface area contributed by atoms with Crippen LogP contribution in [0, 0.1) is 12.8 Å². The molecular weight excluding hydrogens is 297 g/mol. The van der Waals surface area contributed by atoms with Crippen molar-refractivity contribution in [2.75, 3.05) is 6.54 Å². The topological polar surface area (TPSA) is 32.3 Å². The smallest absolute Gasteiger partial charge is 0.373 e. The van der Waals surface area contributed by atoms with E-state index >= 15 is 0 Å². The van der Waals surface area contributed by atoms with Gasteiger partial charge in [0.2, 0.25) is 0 Å². The third-order valence-electron chi connectivity index (χ3n) is 1.28. The third kappa shape index (κ3) is 8.67. The minimum atomic E-state index is -0.402. The summed E-state index contributed by atoms with van der Waals surface area (Å²) < 4.78 is 0. The molecule has 0 saturated heterocycles. The molecule has 0 rings (SSSR count). The monoisotopic (exact) mass is 312 g/mol. The average Bonchev–Trinajstić information content (AvgIpc) is 1.83. The van der Waals surface area contributed by atoms with Gasteiger partial charge in [0, 0.05) is 21.1 Å². The minimum absolute atomic E-state index is 0. The van der Waals surface area contributed by atoms with Crippen LogP contribution in [0.4, 0.5) is 0 Å². The predicted molar refractivity (Wildman–Crippen MR) is 41.0 cm³/mol. The van der Waals surface area contributed by atoms with Crippen molar-refractivity contribution in [1.29, 1.82) is 0 Å². The Balaban J connectivity index is 0. The van der Waals surface area contributed by atoms with Crippen LogP contribution in [0.5, 0.6) is 0 Å². The number of hydrogen-bond acceptors (Lipinski definition) is 2. The van der Waals surface area contributed by atoms with E-state index in [1.165, 1.54) is 0 Å². The summed E-state index contributed by atoms with van der Waals surface area (Å²) in [5, 5.41) is 11.6. The van der Waals surface area contributed by atoms with Gasteiger partial charge < -0.3 is 17.2 Å². The van der Waals surface area contributed by atoms with Gasteiger partial charge in [0.25, 0.3) is 0 Å². The van der Waals surface area contributed by atoms with Gasteiger partial charge in [-0.05, 0) is 13.4 Å². The largest absolute Gasteiger partial charge is 0.437 e. The number of rotatable bonds is 4. The first-order chi connectivity index (χ1) is 4.16. The molecule has 2 nitrogen and oxygen atoms in total. The Morgan fingerprint density at radius 3 is 2.50 bits per heavy atom. The molecule has 0 saturated carbocycles. The Labute approximate surface area is 78.2 Å². The quantitative estimate of drug-likeness (QED) is 0.587. The van der Waals surface area contributed by atoms with E-state index in [9.17, 15) is 0 Å². The third-order valence-corrected chi connectivity index (χ3v) is 1.28. The van der Waals surface area contributed by atoms with Crippen molar-refractivity contribution in [3.8, 4) is 0 Å². The van der Waals surface area contributed by atoms with Crippen LogP contribution in [0.15, 0.2) is 0 Å². The van der Waals surface area contributed by atoms with E-state index in [1.54, 1.807) is 6.82 Å². The van der Waals surface area contributed by atoms with Crippen LogP contribution in [0.1, 0.15) is 13.3 Å². The molecule has 60 valence electrons. The van der Waals surface area contributed by atoms with Crippen LogP contribution in [-0.2, 0) is 21.1 Å². The van der Waals surface area contributed by atoms with E-state index in [4.69, 9.17) is 5.02 Å². The molecule has 0 aliphatic rings. The molecule has 0 bridgehead atoms. The molecule has 0 aliphatic carbocycles. The van der Waals surface area contributed by atoms with Crippen LogP contribution >= 0.6 is 0 Å². The summed E-state index contributed by atoms with van der Waals surface area (Å²) in [6, 6.07) is 0. The molecule has 0 fully saturated rings. The van der Waals surface area contributed by atoms with Gasteiger partial charge in [0.1, 0.15) is 0 Å². The number of nitrogens with one attached hydrogen (secondary N) is 1. The van der Waals surface area contributed by atoms with Crippen LogP contribution in [0.25, 0.3) is 0 Å². The summed E-state index contributed by atoms with van der Waals surface area (Å²) in [6.45, 7) is 8.45. The molecule has 0 amide bonds. The van der Waals surface area contributed by atoms with E-state index in [2.05, 4.69) is 19.1 Å². The summed E-state index contributed by atoms with van der Waals surface area (Å²) in [6.07, 6.45) is 1.06. The maximum absolute atomic E-state index is 8.76. The first kappa shape index (κ1) is 13.3.